The Morgan fingerprint density at radius 3 is 2.83 bits per heavy atom. The third-order valence-electron chi connectivity index (χ3n) is 2.74. The average Bonchev–Trinajstić information content (AvgIpc) is 2.55. The second-order valence-corrected chi connectivity index (χ2v) is 4.17. The minimum atomic E-state index is -1.43. The number of aliphatic hydroxyl groups excluding tert-OH is 3. The number of hydrogen-bond donors (Lipinski definition) is 4. The largest absolute Gasteiger partial charge is 0.505 e. The molecule has 1 aromatic heterocycles. The fourth-order valence-corrected chi connectivity index (χ4v) is 1.60. The molecule has 0 fully saturated rings. The maximum Gasteiger partial charge on any atom is 0.356 e. The Morgan fingerprint density at radius 2 is 2.33 bits per heavy atom. The van der Waals surface area contributed by atoms with Crippen LogP contribution >= 0.6 is 0 Å². The molecule has 0 bridgehead atoms. The van der Waals surface area contributed by atoms with Gasteiger partial charge in [0.25, 0.3) is 0 Å². The normalized spacial score (nSPS) is 27.4. The van der Waals surface area contributed by atoms with Gasteiger partial charge in [-0.2, -0.15) is 4.98 Å². The van der Waals surface area contributed by atoms with Crippen LogP contribution in [-0.2, 0) is 4.74 Å². The van der Waals surface area contributed by atoms with E-state index in [1.54, 1.807) is 0 Å². The van der Waals surface area contributed by atoms with E-state index in [4.69, 9.17) is 15.6 Å². The van der Waals surface area contributed by atoms with Crippen LogP contribution in [0.1, 0.15) is 6.92 Å². The maximum atomic E-state index is 11.6. The maximum absolute atomic E-state index is 11.6. The third kappa shape index (κ3) is 1.71. The van der Waals surface area contributed by atoms with Gasteiger partial charge in [-0.3, -0.25) is 0 Å². The molecule has 1 unspecified atom stereocenters. The number of anilines is 1. The quantitative estimate of drug-likeness (QED) is 0.514. The van der Waals surface area contributed by atoms with E-state index in [0.717, 1.165) is 4.57 Å². The van der Waals surface area contributed by atoms with Gasteiger partial charge in [-0.15, -0.1) is 0 Å². The highest BCUT2D eigenvalue weighted by Crippen LogP contribution is 2.34. The van der Waals surface area contributed by atoms with Crippen molar-refractivity contribution in [3.8, 4) is 0 Å². The molecular weight excluding hydrogens is 242 g/mol. The Hall–Kier alpha value is -2.06. The van der Waals surface area contributed by atoms with Gasteiger partial charge in [-0.1, -0.05) is 0 Å². The molecule has 18 heavy (non-hydrogen) atoms. The molecule has 98 valence electrons. The molecule has 0 amide bonds. The van der Waals surface area contributed by atoms with Crippen LogP contribution in [0.4, 0.5) is 5.82 Å². The van der Waals surface area contributed by atoms with Crippen molar-refractivity contribution in [2.75, 3.05) is 12.3 Å². The summed E-state index contributed by atoms with van der Waals surface area (Å²) in [5, 5.41) is 28.6. The summed E-state index contributed by atoms with van der Waals surface area (Å²) in [6, 6.07) is 1.34. The molecule has 0 saturated heterocycles. The molecule has 1 aliphatic heterocycles. The molecule has 0 aromatic carbocycles. The van der Waals surface area contributed by atoms with E-state index < -0.39 is 29.8 Å². The molecule has 0 aliphatic carbocycles. The Morgan fingerprint density at radius 1 is 1.67 bits per heavy atom. The number of ether oxygens (including phenoxy) is 1. The van der Waals surface area contributed by atoms with Gasteiger partial charge in [0.05, 0.1) is 6.61 Å². The van der Waals surface area contributed by atoms with E-state index >= 15 is 0 Å². The Labute approximate surface area is 102 Å². The summed E-state index contributed by atoms with van der Waals surface area (Å²) in [5.74, 6) is -0.781. The van der Waals surface area contributed by atoms with Gasteiger partial charge in [-0.05, 0) is 13.0 Å². The van der Waals surface area contributed by atoms with Crippen LogP contribution in [0, 0.1) is 0 Å². The van der Waals surface area contributed by atoms with Crippen molar-refractivity contribution in [2.24, 2.45) is 0 Å². The van der Waals surface area contributed by atoms with Gasteiger partial charge in [0.1, 0.15) is 5.82 Å². The smallest absolute Gasteiger partial charge is 0.356 e. The lowest BCUT2D eigenvalue weighted by atomic mass is 10.0. The Kier molecular flexibility index (Phi) is 2.76. The molecule has 8 heteroatoms. The molecule has 2 heterocycles. The number of aromatic nitrogens is 2. The molecule has 2 atom stereocenters. The van der Waals surface area contributed by atoms with E-state index in [-0.39, 0.29) is 11.7 Å². The van der Waals surface area contributed by atoms with Crippen molar-refractivity contribution in [3.63, 3.8) is 0 Å². The zero-order valence-corrected chi connectivity index (χ0v) is 9.57. The van der Waals surface area contributed by atoms with E-state index in [1.165, 1.54) is 19.2 Å². The van der Waals surface area contributed by atoms with Gasteiger partial charge in [0, 0.05) is 6.20 Å². The first kappa shape index (κ1) is 12.4. The first-order chi connectivity index (χ1) is 8.39. The Balaban J connectivity index is 2.49. The summed E-state index contributed by atoms with van der Waals surface area (Å²) in [4.78, 5) is 15.0. The van der Waals surface area contributed by atoms with Crippen LogP contribution in [0.25, 0.3) is 5.88 Å². The van der Waals surface area contributed by atoms with Crippen LogP contribution in [0.5, 0.6) is 0 Å². The fourth-order valence-electron chi connectivity index (χ4n) is 1.60. The topological polar surface area (TPSA) is 131 Å². The highest BCUT2D eigenvalue weighted by molar-refractivity contribution is 5.48. The zero-order valence-electron chi connectivity index (χ0n) is 9.57. The number of hydrogen-bond acceptors (Lipinski definition) is 7. The zero-order chi connectivity index (χ0) is 13.5. The van der Waals surface area contributed by atoms with Crippen molar-refractivity contribution < 1.29 is 20.1 Å². The number of nitrogens with zero attached hydrogens (tertiary/aromatic N) is 2. The molecular formula is C10H13N3O5. The van der Waals surface area contributed by atoms with Gasteiger partial charge in [0.15, 0.2) is 17.5 Å². The highest BCUT2D eigenvalue weighted by Gasteiger charge is 2.47. The van der Waals surface area contributed by atoms with Crippen LogP contribution in [0.15, 0.2) is 22.8 Å². The predicted molar refractivity (Wildman–Crippen MR) is 61.3 cm³/mol. The molecule has 2 rings (SSSR count). The average molecular weight is 255 g/mol. The second-order valence-electron chi connectivity index (χ2n) is 4.17. The summed E-state index contributed by atoms with van der Waals surface area (Å²) < 4.78 is 6.14. The lowest BCUT2D eigenvalue weighted by Crippen LogP contribution is -2.41. The van der Waals surface area contributed by atoms with E-state index in [9.17, 15) is 15.0 Å². The minimum Gasteiger partial charge on any atom is -0.505 e. The summed E-state index contributed by atoms with van der Waals surface area (Å²) in [6.07, 6.45) is -0.173. The van der Waals surface area contributed by atoms with Gasteiger partial charge in [-0.25, -0.2) is 9.36 Å². The number of aliphatic hydroxyl groups is 3. The number of rotatable bonds is 2. The first-order valence-corrected chi connectivity index (χ1v) is 5.15. The molecule has 8 nitrogen and oxygen atoms in total. The molecule has 0 radical (unpaired) electrons. The standard InChI is InChI=1S/C10H13N3O5/c1-10(4-14)7(16)6(15)8(18-10)13-3-2-5(11)12-9(13)17/h2-3,7,14-16H,4H2,1H3,(H2,11,12,17)/t7?,10-/m1/s1. The lowest BCUT2D eigenvalue weighted by Gasteiger charge is -2.25. The molecule has 1 aliphatic rings. The van der Waals surface area contributed by atoms with Crippen LogP contribution in [0.3, 0.4) is 0 Å². The SMILES string of the molecule is C[C@]1(CO)OC(n2ccc(N)nc2=O)=C(O)C1O. The van der Waals surface area contributed by atoms with E-state index in [1.807, 2.05) is 0 Å². The molecule has 0 spiro atoms. The molecule has 0 saturated carbocycles. The summed E-state index contributed by atoms with van der Waals surface area (Å²) in [6.45, 7) is 0.871. The second kappa shape index (κ2) is 4.00. The number of nitrogens with two attached hydrogens (primary N) is 1. The minimum absolute atomic E-state index is 0.0276. The van der Waals surface area contributed by atoms with Crippen LogP contribution in [-0.4, -0.2) is 43.2 Å². The molecule has 5 N–H and O–H groups in total. The van der Waals surface area contributed by atoms with Gasteiger partial charge >= 0.3 is 5.69 Å². The molecule has 1 aromatic rings. The van der Waals surface area contributed by atoms with E-state index in [0.29, 0.717) is 0 Å². The number of nitrogen functional groups attached to an aromatic ring is 1. The lowest BCUT2D eigenvalue weighted by molar-refractivity contribution is -0.0639. The van der Waals surface area contributed by atoms with E-state index in [2.05, 4.69) is 4.98 Å². The Bertz CT molecular complexity index is 567. The third-order valence-corrected chi connectivity index (χ3v) is 2.74. The monoisotopic (exact) mass is 255 g/mol. The van der Waals surface area contributed by atoms with Crippen molar-refractivity contribution >= 4 is 11.7 Å². The first-order valence-electron chi connectivity index (χ1n) is 5.15. The van der Waals surface area contributed by atoms with Crippen molar-refractivity contribution in [2.45, 2.75) is 18.6 Å². The summed E-state index contributed by atoms with van der Waals surface area (Å²) in [7, 11) is 0. The van der Waals surface area contributed by atoms with Crippen molar-refractivity contribution in [1.29, 1.82) is 0 Å². The fraction of sp³-hybridized carbons (Fsp3) is 0.400. The van der Waals surface area contributed by atoms with Gasteiger partial charge in [0.2, 0.25) is 5.88 Å². The summed E-state index contributed by atoms with van der Waals surface area (Å²) >= 11 is 0. The van der Waals surface area contributed by atoms with Crippen LogP contribution in [0.2, 0.25) is 0 Å². The van der Waals surface area contributed by atoms with Gasteiger partial charge < -0.3 is 25.8 Å². The van der Waals surface area contributed by atoms with Crippen molar-refractivity contribution in [3.05, 3.63) is 28.5 Å². The summed E-state index contributed by atoms with van der Waals surface area (Å²) in [5.41, 5.74) is 3.17. The highest BCUT2D eigenvalue weighted by atomic mass is 16.6. The predicted octanol–water partition coefficient (Wildman–Crippen LogP) is -1.35. The van der Waals surface area contributed by atoms with Crippen molar-refractivity contribution in [1.82, 2.24) is 9.55 Å². The van der Waals surface area contributed by atoms with Crippen LogP contribution < -0.4 is 11.4 Å².